The molecule has 2 aromatic rings. The van der Waals surface area contributed by atoms with Crippen LogP contribution in [0.5, 0.6) is 0 Å². The van der Waals surface area contributed by atoms with E-state index in [9.17, 15) is 9.59 Å². The van der Waals surface area contributed by atoms with Crippen LogP contribution in [0.1, 0.15) is 18.1 Å². The van der Waals surface area contributed by atoms with Crippen LogP contribution in [0.2, 0.25) is 10.0 Å². The van der Waals surface area contributed by atoms with E-state index in [1.165, 1.54) is 0 Å². The number of amides is 2. The van der Waals surface area contributed by atoms with Crippen LogP contribution in [-0.4, -0.2) is 29.8 Å². The number of carbonyl (C=O) groups is 2. The number of rotatable bonds is 6. The summed E-state index contributed by atoms with van der Waals surface area (Å²) in [6.45, 7) is 2.07. The largest absolute Gasteiger partial charge is 0.357 e. The zero-order chi connectivity index (χ0) is 18.4. The maximum absolute atomic E-state index is 12.8. The molecule has 0 radical (unpaired) electrons. The van der Waals surface area contributed by atoms with Gasteiger partial charge in [0.05, 0.1) is 16.5 Å². The molecule has 0 saturated carbocycles. The first kappa shape index (κ1) is 19.3. The smallest absolute Gasteiger partial charge is 0.242 e. The number of hydrogen-bond donors (Lipinski definition) is 1. The molecule has 1 N–H and O–H groups in total. The highest BCUT2D eigenvalue weighted by Crippen LogP contribution is 2.23. The molecule has 6 heteroatoms. The second-order valence-corrected chi connectivity index (χ2v) is 6.54. The van der Waals surface area contributed by atoms with Crippen LogP contribution in [0.15, 0.2) is 48.5 Å². The van der Waals surface area contributed by atoms with Crippen LogP contribution in [0.25, 0.3) is 0 Å². The van der Waals surface area contributed by atoms with Crippen molar-refractivity contribution in [3.05, 3.63) is 69.7 Å². The van der Waals surface area contributed by atoms with E-state index < -0.39 is 6.04 Å². The Morgan fingerprint density at radius 2 is 1.72 bits per heavy atom. The minimum atomic E-state index is -0.583. The Kier molecular flexibility index (Phi) is 6.85. The van der Waals surface area contributed by atoms with Gasteiger partial charge in [-0.15, -0.1) is 0 Å². The van der Waals surface area contributed by atoms with Gasteiger partial charge < -0.3 is 10.2 Å². The number of likely N-dealkylation sites (N-methyl/N-ethyl adjacent to an activating group) is 1. The van der Waals surface area contributed by atoms with E-state index in [2.05, 4.69) is 5.32 Å². The molecule has 132 valence electrons. The van der Waals surface area contributed by atoms with Crippen LogP contribution >= 0.6 is 23.2 Å². The zero-order valence-corrected chi connectivity index (χ0v) is 15.6. The third-order valence-corrected chi connectivity index (χ3v) is 4.69. The molecule has 0 spiro atoms. The molecule has 0 aliphatic carbocycles. The summed E-state index contributed by atoms with van der Waals surface area (Å²) >= 11 is 11.9. The molecular weight excluding hydrogens is 359 g/mol. The molecule has 1 atom stereocenters. The molecule has 2 rings (SSSR count). The van der Waals surface area contributed by atoms with E-state index >= 15 is 0 Å². The Bertz CT molecular complexity index is 750. The van der Waals surface area contributed by atoms with Gasteiger partial charge >= 0.3 is 0 Å². The molecule has 2 amide bonds. The summed E-state index contributed by atoms with van der Waals surface area (Å²) in [5.41, 5.74) is 1.71. The molecule has 2 aromatic carbocycles. The first-order valence-corrected chi connectivity index (χ1v) is 8.67. The Hall–Kier alpha value is -2.04. The van der Waals surface area contributed by atoms with Crippen LogP contribution < -0.4 is 5.32 Å². The van der Waals surface area contributed by atoms with Gasteiger partial charge in [-0.05, 0) is 30.2 Å². The van der Waals surface area contributed by atoms with Crippen LogP contribution in [-0.2, 0) is 22.6 Å². The van der Waals surface area contributed by atoms with Gasteiger partial charge in [-0.3, -0.25) is 9.59 Å². The van der Waals surface area contributed by atoms with Crippen molar-refractivity contribution in [2.75, 3.05) is 7.05 Å². The van der Waals surface area contributed by atoms with E-state index in [0.717, 1.165) is 11.1 Å². The lowest BCUT2D eigenvalue weighted by Gasteiger charge is -2.28. The van der Waals surface area contributed by atoms with Gasteiger partial charge in [0, 0.05) is 13.6 Å². The number of carbonyl (C=O) groups excluding carboxylic acids is 2. The van der Waals surface area contributed by atoms with E-state index in [1.54, 1.807) is 37.1 Å². The Morgan fingerprint density at radius 3 is 2.32 bits per heavy atom. The first-order chi connectivity index (χ1) is 11.9. The Balaban J connectivity index is 2.22. The maximum Gasteiger partial charge on any atom is 0.242 e. The summed E-state index contributed by atoms with van der Waals surface area (Å²) in [6, 6.07) is 14.1. The summed E-state index contributed by atoms with van der Waals surface area (Å²) in [5, 5.41) is 3.44. The molecule has 0 fully saturated rings. The van der Waals surface area contributed by atoms with Gasteiger partial charge in [-0.1, -0.05) is 59.6 Å². The normalized spacial score (nSPS) is 11.7. The third kappa shape index (κ3) is 5.21. The van der Waals surface area contributed by atoms with Crippen molar-refractivity contribution in [3.8, 4) is 0 Å². The lowest BCUT2D eigenvalue weighted by molar-refractivity contribution is -0.139. The summed E-state index contributed by atoms with van der Waals surface area (Å²) in [7, 11) is 1.56. The topological polar surface area (TPSA) is 49.4 Å². The standard InChI is InChI=1S/C19H20Cl2N2O2/c1-13(19(25)22-2)23(12-14-6-4-3-5-7-14)18(24)11-15-8-9-16(20)17(21)10-15/h3-10,13H,11-12H2,1-2H3,(H,22,25)/t13-/m0/s1. The van der Waals surface area contributed by atoms with Crippen molar-refractivity contribution in [2.24, 2.45) is 0 Å². The first-order valence-electron chi connectivity index (χ1n) is 7.91. The Labute approximate surface area is 157 Å². The molecular formula is C19H20Cl2N2O2. The fraction of sp³-hybridized carbons (Fsp3) is 0.263. The molecule has 0 heterocycles. The zero-order valence-electron chi connectivity index (χ0n) is 14.1. The molecule has 0 aromatic heterocycles. The molecule has 4 nitrogen and oxygen atoms in total. The van der Waals surface area contributed by atoms with Gasteiger partial charge in [-0.2, -0.15) is 0 Å². The molecule has 0 saturated heterocycles. The number of hydrogen-bond acceptors (Lipinski definition) is 2. The predicted octanol–water partition coefficient (Wildman–Crippen LogP) is 3.70. The molecule has 25 heavy (non-hydrogen) atoms. The third-order valence-electron chi connectivity index (χ3n) is 3.95. The average molecular weight is 379 g/mol. The monoisotopic (exact) mass is 378 g/mol. The van der Waals surface area contributed by atoms with E-state index in [-0.39, 0.29) is 18.2 Å². The second-order valence-electron chi connectivity index (χ2n) is 5.72. The lowest BCUT2D eigenvalue weighted by atomic mass is 10.1. The predicted molar refractivity (Wildman–Crippen MR) is 101 cm³/mol. The van der Waals surface area contributed by atoms with Gasteiger partial charge in [0.25, 0.3) is 0 Å². The van der Waals surface area contributed by atoms with Crippen molar-refractivity contribution in [1.29, 1.82) is 0 Å². The van der Waals surface area contributed by atoms with Gasteiger partial charge in [-0.25, -0.2) is 0 Å². The number of halogens is 2. The van der Waals surface area contributed by atoms with Crippen LogP contribution in [0.4, 0.5) is 0 Å². The number of nitrogens with one attached hydrogen (secondary N) is 1. The van der Waals surface area contributed by atoms with Crippen LogP contribution in [0.3, 0.4) is 0 Å². The van der Waals surface area contributed by atoms with E-state index in [1.807, 2.05) is 30.3 Å². The van der Waals surface area contributed by atoms with Gasteiger partial charge in [0.15, 0.2) is 0 Å². The van der Waals surface area contributed by atoms with Crippen molar-refractivity contribution in [3.63, 3.8) is 0 Å². The Morgan fingerprint density at radius 1 is 1.04 bits per heavy atom. The molecule has 0 bridgehead atoms. The summed E-state index contributed by atoms with van der Waals surface area (Å²) in [5.74, 6) is -0.364. The minimum absolute atomic E-state index is 0.144. The van der Waals surface area contributed by atoms with Crippen LogP contribution in [0, 0.1) is 0 Å². The lowest BCUT2D eigenvalue weighted by Crippen LogP contribution is -2.47. The fourth-order valence-electron chi connectivity index (χ4n) is 2.50. The van der Waals surface area contributed by atoms with Gasteiger partial charge in [0.1, 0.15) is 6.04 Å². The van der Waals surface area contributed by atoms with Crippen molar-refractivity contribution in [1.82, 2.24) is 10.2 Å². The number of benzene rings is 2. The van der Waals surface area contributed by atoms with E-state index in [0.29, 0.717) is 16.6 Å². The fourth-order valence-corrected chi connectivity index (χ4v) is 2.82. The highest BCUT2D eigenvalue weighted by atomic mass is 35.5. The quantitative estimate of drug-likeness (QED) is 0.832. The molecule has 0 aliphatic heterocycles. The highest BCUT2D eigenvalue weighted by molar-refractivity contribution is 6.42. The van der Waals surface area contributed by atoms with Crippen molar-refractivity contribution < 1.29 is 9.59 Å². The van der Waals surface area contributed by atoms with Crippen molar-refractivity contribution >= 4 is 35.0 Å². The number of nitrogens with zero attached hydrogens (tertiary/aromatic N) is 1. The van der Waals surface area contributed by atoms with Gasteiger partial charge in [0.2, 0.25) is 11.8 Å². The second kappa shape index (κ2) is 8.88. The maximum atomic E-state index is 12.8. The minimum Gasteiger partial charge on any atom is -0.357 e. The van der Waals surface area contributed by atoms with Crippen molar-refractivity contribution in [2.45, 2.75) is 25.9 Å². The highest BCUT2D eigenvalue weighted by Gasteiger charge is 2.25. The SMILES string of the molecule is CNC(=O)[C@H](C)N(Cc1ccccc1)C(=O)Cc1ccc(Cl)c(Cl)c1. The summed E-state index contributed by atoms with van der Waals surface area (Å²) < 4.78 is 0. The summed E-state index contributed by atoms with van der Waals surface area (Å²) in [4.78, 5) is 26.5. The summed E-state index contributed by atoms with van der Waals surface area (Å²) in [6.07, 6.45) is 0.144. The molecule has 0 aliphatic rings. The average Bonchev–Trinajstić information content (AvgIpc) is 2.62. The van der Waals surface area contributed by atoms with E-state index in [4.69, 9.17) is 23.2 Å². The molecule has 0 unspecified atom stereocenters.